The van der Waals surface area contributed by atoms with E-state index in [1.807, 2.05) is 31.3 Å². The molecule has 1 fully saturated rings. The van der Waals surface area contributed by atoms with Crippen molar-refractivity contribution in [3.05, 3.63) is 42.4 Å². The van der Waals surface area contributed by atoms with Crippen molar-refractivity contribution in [3.63, 3.8) is 0 Å². The summed E-state index contributed by atoms with van der Waals surface area (Å²) in [5, 5.41) is 11.5. The van der Waals surface area contributed by atoms with Gasteiger partial charge in [0.1, 0.15) is 11.6 Å². The molecule has 0 bridgehead atoms. The van der Waals surface area contributed by atoms with Crippen molar-refractivity contribution in [1.82, 2.24) is 19.6 Å². The van der Waals surface area contributed by atoms with E-state index in [1.165, 1.54) is 0 Å². The summed E-state index contributed by atoms with van der Waals surface area (Å²) in [6.45, 7) is 2.05. The molecule has 130 valence electrons. The molecular weight excluding hydrogens is 314 g/mol. The first-order valence-corrected chi connectivity index (χ1v) is 8.73. The molecule has 0 spiro atoms. The highest BCUT2D eigenvalue weighted by Gasteiger charge is 2.19. The van der Waals surface area contributed by atoms with Crippen molar-refractivity contribution in [2.75, 3.05) is 10.6 Å². The number of nitrogens with two attached hydrogens (primary N) is 1. The topological polar surface area (TPSA) is 93.2 Å². The molecule has 1 aliphatic carbocycles. The third-order valence-electron chi connectivity index (χ3n) is 4.66. The highest BCUT2D eigenvalue weighted by Crippen LogP contribution is 2.25. The number of aromatic nitrogens is 4. The van der Waals surface area contributed by atoms with Crippen LogP contribution in [0.25, 0.3) is 5.65 Å². The average Bonchev–Trinajstić information content (AvgIpc) is 3.06. The largest absolute Gasteiger partial charge is 0.366 e. The van der Waals surface area contributed by atoms with Crippen LogP contribution in [0.4, 0.5) is 17.3 Å². The van der Waals surface area contributed by atoms with Gasteiger partial charge in [-0.1, -0.05) is 0 Å². The molecule has 1 aliphatic rings. The number of fused-ring (bicyclic) bond motifs is 1. The summed E-state index contributed by atoms with van der Waals surface area (Å²) >= 11 is 0. The molecule has 0 aliphatic heterocycles. The minimum Gasteiger partial charge on any atom is -0.366 e. The Morgan fingerprint density at radius 3 is 2.72 bits per heavy atom. The summed E-state index contributed by atoms with van der Waals surface area (Å²) in [5.74, 6) is 1.63. The number of anilines is 3. The lowest BCUT2D eigenvalue weighted by atomic mass is 9.92. The van der Waals surface area contributed by atoms with Crippen molar-refractivity contribution < 1.29 is 0 Å². The monoisotopic (exact) mass is 337 g/mol. The number of hydrogen-bond acceptors (Lipinski definition) is 6. The molecule has 1 saturated carbocycles. The Morgan fingerprint density at radius 2 is 1.92 bits per heavy atom. The molecule has 0 radical (unpaired) electrons. The summed E-state index contributed by atoms with van der Waals surface area (Å²) < 4.78 is 1.79. The summed E-state index contributed by atoms with van der Waals surface area (Å²) in [7, 11) is 0. The Kier molecular flexibility index (Phi) is 4.23. The molecule has 7 nitrogen and oxygen atoms in total. The first-order chi connectivity index (χ1) is 12.2. The van der Waals surface area contributed by atoms with Crippen LogP contribution in [-0.2, 0) is 0 Å². The fourth-order valence-corrected chi connectivity index (χ4v) is 3.29. The van der Waals surface area contributed by atoms with Crippen LogP contribution in [0.3, 0.4) is 0 Å². The molecule has 0 saturated heterocycles. The van der Waals surface area contributed by atoms with Gasteiger partial charge >= 0.3 is 0 Å². The highest BCUT2D eigenvalue weighted by molar-refractivity contribution is 5.74. The second kappa shape index (κ2) is 6.68. The number of hydrogen-bond donors (Lipinski definition) is 3. The van der Waals surface area contributed by atoms with Crippen molar-refractivity contribution in [2.24, 2.45) is 5.73 Å². The third kappa shape index (κ3) is 3.56. The van der Waals surface area contributed by atoms with E-state index in [0.29, 0.717) is 12.1 Å². The number of pyridine rings is 1. The van der Waals surface area contributed by atoms with Gasteiger partial charge in [0.15, 0.2) is 5.65 Å². The van der Waals surface area contributed by atoms with Gasteiger partial charge in [-0.05, 0) is 50.3 Å². The first-order valence-electron chi connectivity index (χ1n) is 8.73. The molecule has 3 aromatic heterocycles. The lowest BCUT2D eigenvalue weighted by Gasteiger charge is -2.27. The van der Waals surface area contributed by atoms with Gasteiger partial charge in [0.2, 0.25) is 0 Å². The molecule has 0 aromatic carbocycles. The maximum Gasteiger partial charge on any atom is 0.177 e. The zero-order chi connectivity index (χ0) is 17.2. The molecule has 3 heterocycles. The van der Waals surface area contributed by atoms with Crippen molar-refractivity contribution in [1.29, 1.82) is 0 Å². The van der Waals surface area contributed by atoms with E-state index in [2.05, 4.69) is 25.7 Å². The predicted molar refractivity (Wildman–Crippen MR) is 99.1 cm³/mol. The fourth-order valence-electron chi connectivity index (χ4n) is 3.29. The summed E-state index contributed by atoms with van der Waals surface area (Å²) in [4.78, 5) is 8.78. The zero-order valence-corrected chi connectivity index (χ0v) is 14.3. The van der Waals surface area contributed by atoms with E-state index in [1.54, 1.807) is 16.9 Å². The molecule has 3 aromatic rings. The number of rotatable bonds is 4. The van der Waals surface area contributed by atoms with E-state index in [-0.39, 0.29) is 0 Å². The second-order valence-electron chi connectivity index (χ2n) is 6.74. The number of aryl methyl sites for hydroxylation is 1. The predicted octanol–water partition coefficient (Wildman–Crippen LogP) is 2.86. The molecule has 0 amide bonds. The van der Waals surface area contributed by atoms with E-state index < -0.39 is 0 Å². The van der Waals surface area contributed by atoms with Gasteiger partial charge in [-0.2, -0.15) is 0 Å². The molecule has 0 atom stereocenters. The molecule has 25 heavy (non-hydrogen) atoms. The quantitative estimate of drug-likeness (QED) is 0.678. The van der Waals surface area contributed by atoms with Crippen LogP contribution in [0.15, 0.2) is 36.8 Å². The molecule has 0 unspecified atom stereocenters. The molecular formula is C18H23N7. The van der Waals surface area contributed by atoms with Crippen LogP contribution in [0.2, 0.25) is 0 Å². The third-order valence-corrected chi connectivity index (χ3v) is 4.66. The fraction of sp³-hybridized carbons (Fsp3) is 0.389. The standard InChI is InChI=1S/C18H23N7/c1-12-6-7-20-16(10-12)23-15-11-17(24-25-9-8-21-18(15)25)22-14-4-2-13(19)3-5-14/h6-11,13-14H,2-5,19H2,1H3,(H,20,23)(H,22,24). The lowest BCUT2D eigenvalue weighted by Crippen LogP contribution is -2.33. The van der Waals surface area contributed by atoms with Gasteiger partial charge in [-0.3, -0.25) is 0 Å². The van der Waals surface area contributed by atoms with Gasteiger partial charge in [0.05, 0.1) is 5.69 Å². The van der Waals surface area contributed by atoms with Crippen molar-refractivity contribution in [3.8, 4) is 0 Å². The van der Waals surface area contributed by atoms with Crippen molar-refractivity contribution >= 4 is 23.0 Å². The maximum atomic E-state index is 6.00. The van der Waals surface area contributed by atoms with Crippen LogP contribution in [-0.4, -0.2) is 31.7 Å². The van der Waals surface area contributed by atoms with E-state index >= 15 is 0 Å². The minimum absolute atomic E-state index is 0.340. The zero-order valence-electron chi connectivity index (χ0n) is 14.3. The summed E-state index contributed by atoms with van der Waals surface area (Å²) in [5.41, 5.74) is 8.82. The smallest absolute Gasteiger partial charge is 0.177 e. The Hall–Kier alpha value is -2.67. The number of imidazole rings is 1. The highest BCUT2D eigenvalue weighted by atomic mass is 15.3. The second-order valence-corrected chi connectivity index (χ2v) is 6.74. The molecule has 4 rings (SSSR count). The lowest BCUT2D eigenvalue weighted by molar-refractivity contribution is 0.410. The van der Waals surface area contributed by atoms with Gasteiger partial charge in [0, 0.05) is 36.7 Å². The van der Waals surface area contributed by atoms with Gasteiger partial charge in [-0.25, -0.2) is 14.5 Å². The Morgan fingerprint density at radius 1 is 1.08 bits per heavy atom. The van der Waals surface area contributed by atoms with E-state index in [0.717, 1.165) is 54.2 Å². The van der Waals surface area contributed by atoms with Crippen molar-refractivity contribution in [2.45, 2.75) is 44.7 Å². The molecule has 4 N–H and O–H groups in total. The first kappa shape index (κ1) is 15.8. The van der Waals surface area contributed by atoms with Gasteiger partial charge in [-0.15, -0.1) is 5.10 Å². The van der Waals surface area contributed by atoms with Crippen LogP contribution in [0, 0.1) is 6.92 Å². The Bertz CT molecular complexity index is 865. The Labute approximate surface area is 146 Å². The number of nitrogens with zero attached hydrogens (tertiary/aromatic N) is 4. The van der Waals surface area contributed by atoms with E-state index in [4.69, 9.17) is 5.73 Å². The van der Waals surface area contributed by atoms with E-state index in [9.17, 15) is 0 Å². The number of nitrogens with one attached hydrogen (secondary N) is 2. The van der Waals surface area contributed by atoms with Gasteiger partial charge in [0.25, 0.3) is 0 Å². The normalized spacial score (nSPS) is 20.6. The minimum atomic E-state index is 0.340. The van der Waals surface area contributed by atoms with Crippen LogP contribution < -0.4 is 16.4 Å². The SMILES string of the molecule is Cc1ccnc(Nc2cc(NC3CCC(N)CC3)nn3ccnc23)c1. The summed E-state index contributed by atoms with van der Waals surface area (Å²) in [6.07, 6.45) is 9.67. The average molecular weight is 337 g/mol. The van der Waals surface area contributed by atoms with Gasteiger partial charge < -0.3 is 16.4 Å². The summed E-state index contributed by atoms with van der Waals surface area (Å²) in [6, 6.07) is 6.74. The van der Waals surface area contributed by atoms with Crippen LogP contribution >= 0.6 is 0 Å². The molecule has 7 heteroatoms. The Balaban J connectivity index is 1.60. The van der Waals surface area contributed by atoms with Crippen LogP contribution in [0.5, 0.6) is 0 Å². The maximum absolute atomic E-state index is 6.00. The van der Waals surface area contributed by atoms with Crippen LogP contribution in [0.1, 0.15) is 31.2 Å².